The van der Waals surface area contributed by atoms with E-state index in [0.29, 0.717) is 0 Å². The van der Waals surface area contributed by atoms with Gasteiger partial charge in [0, 0.05) is 0 Å². The average molecular weight is 1190 g/mol. The van der Waals surface area contributed by atoms with Crippen molar-refractivity contribution in [3.05, 3.63) is 116 Å². The smallest absolute Gasteiger partial charge is 0.408 e. The number of carboxylic acids is 8. The Morgan fingerprint density at radius 1 is 0.376 bits per heavy atom. The third-order valence-electron chi connectivity index (χ3n) is 12.2. The van der Waals surface area contributed by atoms with Crippen LogP contribution in [0.25, 0.3) is 0 Å². The summed E-state index contributed by atoms with van der Waals surface area (Å²) in [5, 5.41) is 86.6. The van der Waals surface area contributed by atoms with Crippen molar-refractivity contribution < 1.29 is 113 Å². The first-order valence-electron chi connectivity index (χ1n) is 25.7. The lowest BCUT2D eigenvalue weighted by molar-refractivity contribution is -0.145. The number of aromatic nitrogens is 4. The number of amides is 4. The second-order valence-electron chi connectivity index (χ2n) is 19.9. The molecule has 0 aliphatic rings. The van der Waals surface area contributed by atoms with Crippen LogP contribution in [-0.4, -0.2) is 175 Å². The molecular weight excluding hydrogens is 1130 g/mol. The fourth-order valence-corrected chi connectivity index (χ4v) is 8.31. The molecule has 4 heterocycles. The van der Waals surface area contributed by atoms with E-state index in [1.165, 1.54) is 20.8 Å². The molecule has 4 rings (SSSR count). The highest BCUT2D eigenvalue weighted by Crippen LogP contribution is 2.19. The molecule has 0 aromatic carbocycles. The van der Waals surface area contributed by atoms with E-state index in [1.54, 1.807) is 0 Å². The Labute approximate surface area is 481 Å². The molecule has 0 bridgehead atoms. The quantitative estimate of drug-likeness (QED) is 0.0313. The summed E-state index contributed by atoms with van der Waals surface area (Å²) < 4.78 is 10.3. The van der Waals surface area contributed by atoms with Crippen LogP contribution in [0.2, 0.25) is 0 Å². The largest absolute Gasteiger partial charge is 0.477 e. The highest BCUT2D eigenvalue weighted by molar-refractivity contribution is 5.96. The second-order valence-corrected chi connectivity index (χ2v) is 19.9. The van der Waals surface area contributed by atoms with Gasteiger partial charge in [-0.3, -0.25) is 14.4 Å². The zero-order valence-corrected chi connectivity index (χ0v) is 45.9. The molecule has 31 heteroatoms. The minimum atomic E-state index is -1.71. The van der Waals surface area contributed by atoms with Crippen LogP contribution >= 0.6 is 0 Å². The number of aryl methyl sites for hydroxylation is 4. The van der Waals surface area contributed by atoms with Gasteiger partial charge in [0.05, 0.1) is 7.11 Å². The minimum absolute atomic E-state index is 0.0274. The Morgan fingerprint density at radius 3 is 0.800 bits per heavy atom. The number of carbonyl (C=O) groups excluding carboxylic acids is 5. The molecule has 0 saturated carbocycles. The Kier molecular flexibility index (Phi) is 24.1. The number of nitrogens with one attached hydrogen (secondary N) is 4. The first-order valence-corrected chi connectivity index (χ1v) is 25.7. The third-order valence-corrected chi connectivity index (χ3v) is 12.2. The molecule has 454 valence electrons. The van der Waals surface area contributed by atoms with Crippen molar-refractivity contribution in [2.75, 3.05) is 7.11 Å². The highest BCUT2D eigenvalue weighted by atomic mass is 16.6. The van der Waals surface area contributed by atoms with E-state index in [4.69, 9.17) is 9.47 Å². The molecule has 85 heavy (non-hydrogen) atoms. The zero-order chi connectivity index (χ0) is 63.5. The Morgan fingerprint density at radius 2 is 0.588 bits per heavy atom. The summed E-state index contributed by atoms with van der Waals surface area (Å²) in [5.74, 6) is -16.7. The van der Waals surface area contributed by atoms with Crippen LogP contribution in [0.3, 0.4) is 0 Å². The SMILES string of the molecule is COC(=O)[C@H](CCCc1cc(C(=O)O)nc(C(=O)O)c1)NC(=O)[C@H](CCCc1cc(C(=O)O)nc(C(=O)O)c1)NC(=O)[C@H](CCCc1cc(C(=O)O)nc(C(=O)O)c1)NC(=O)[C@H](CCCc1cc(C(=O)O)nc(C(=O)O)c1)NC(=O)OC(C)(C)C. The predicted molar refractivity (Wildman–Crippen MR) is 285 cm³/mol. The van der Waals surface area contributed by atoms with E-state index in [2.05, 4.69) is 41.2 Å². The topological polar surface area (TPSA) is 502 Å². The number of carboxylic acid groups (broad SMARTS) is 8. The maximum absolute atomic E-state index is 14.8. The van der Waals surface area contributed by atoms with E-state index >= 15 is 0 Å². The number of alkyl carbamates (subject to hydrolysis) is 1. The molecule has 4 amide bonds. The van der Waals surface area contributed by atoms with Crippen molar-refractivity contribution in [1.29, 1.82) is 0 Å². The van der Waals surface area contributed by atoms with Crippen LogP contribution in [0, 0.1) is 0 Å². The van der Waals surface area contributed by atoms with Crippen LogP contribution in [0.4, 0.5) is 4.79 Å². The van der Waals surface area contributed by atoms with Gasteiger partial charge in [-0.1, -0.05) is 0 Å². The normalized spacial score (nSPS) is 12.4. The summed E-state index contributed by atoms with van der Waals surface area (Å²) >= 11 is 0. The van der Waals surface area contributed by atoms with E-state index in [9.17, 15) is 103 Å². The number of rotatable bonds is 32. The molecule has 0 unspecified atom stereocenters. The second kappa shape index (κ2) is 30.5. The molecule has 0 aliphatic heterocycles. The monoisotopic (exact) mass is 1190 g/mol. The van der Waals surface area contributed by atoms with Crippen molar-refractivity contribution >= 4 is 77.5 Å². The molecule has 12 N–H and O–H groups in total. The van der Waals surface area contributed by atoms with Gasteiger partial charge in [0.15, 0.2) is 0 Å². The van der Waals surface area contributed by atoms with Crippen LogP contribution in [0.5, 0.6) is 0 Å². The Balaban J connectivity index is 1.75. The van der Waals surface area contributed by atoms with E-state index in [1.807, 2.05) is 0 Å². The lowest BCUT2D eigenvalue weighted by atomic mass is 9.99. The Bertz CT molecular complexity index is 3140. The number of methoxy groups -OCH3 is 1. The number of ether oxygens (including phenoxy) is 2. The van der Waals surface area contributed by atoms with Crippen molar-refractivity contribution in [2.45, 2.75) is 128 Å². The molecule has 31 nitrogen and oxygen atoms in total. The molecule has 0 fully saturated rings. The number of hydrogen-bond acceptors (Lipinski definition) is 19. The molecule has 4 atom stereocenters. The van der Waals surface area contributed by atoms with Gasteiger partial charge >= 0.3 is 59.8 Å². The first-order chi connectivity index (χ1) is 39.8. The van der Waals surface area contributed by atoms with Crippen molar-refractivity contribution in [1.82, 2.24) is 41.2 Å². The van der Waals surface area contributed by atoms with E-state index < -0.39 is 153 Å². The van der Waals surface area contributed by atoms with E-state index in [-0.39, 0.29) is 99.3 Å². The maximum Gasteiger partial charge on any atom is 0.408 e. The van der Waals surface area contributed by atoms with Crippen LogP contribution in [0.15, 0.2) is 48.5 Å². The van der Waals surface area contributed by atoms with Crippen molar-refractivity contribution in [3.8, 4) is 0 Å². The van der Waals surface area contributed by atoms with Crippen molar-refractivity contribution in [3.63, 3.8) is 0 Å². The predicted octanol–water partition coefficient (Wildman–Crippen LogP) is 2.76. The summed E-state index contributed by atoms with van der Waals surface area (Å²) in [6.45, 7) is 4.55. The lowest BCUT2D eigenvalue weighted by Crippen LogP contribution is -2.58. The van der Waals surface area contributed by atoms with Gasteiger partial charge in [0.2, 0.25) is 17.7 Å². The average Bonchev–Trinajstić information content (AvgIpc) is 3.60. The maximum atomic E-state index is 14.8. The number of aromatic carboxylic acids is 8. The first kappa shape index (κ1) is 67.0. The van der Waals surface area contributed by atoms with E-state index in [0.717, 1.165) is 55.6 Å². The zero-order valence-electron chi connectivity index (χ0n) is 45.9. The molecule has 0 radical (unpaired) electrons. The number of esters is 1. The van der Waals surface area contributed by atoms with Crippen molar-refractivity contribution in [2.24, 2.45) is 0 Å². The molecule has 0 saturated heterocycles. The van der Waals surface area contributed by atoms with Gasteiger partial charge in [0.1, 0.15) is 75.3 Å². The molecule has 0 spiro atoms. The summed E-state index contributed by atoms with van der Waals surface area (Å²) in [4.78, 5) is 179. The van der Waals surface area contributed by atoms with Crippen LogP contribution in [0.1, 0.15) is 178 Å². The summed E-state index contributed by atoms with van der Waals surface area (Å²) in [6, 6.07) is 2.23. The van der Waals surface area contributed by atoms with Gasteiger partial charge < -0.3 is 71.6 Å². The van der Waals surface area contributed by atoms with Gasteiger partial charge in [-0.15, -0.1) is 0 Å². The molecular formula is C54H60N8O23. The number of nitrogens with zero attached hydrogens (tertiary/aromatic N) is 4. The summed E-state index contributed by atoms with van der Waals surface area (Å²) in [5.41, 5.74) is -5.47. The summed E-state index contributed by atoms with van der Waals surface area (Å²) in [7, 11) is 0.992. The van der Waals surface area contributed by atoms with Crippen LogP contribution < -0.4 is 21.3 Å². The van der Waals surface area contributed by atoms with Gasteiger partial charge in [-0.2, -0.15) is 0 Å². The standard InChI is InChI=1S/C54H60N8O23/c1-54(2,3)85-53(83)62-31(15-7-11-27-21-37(48(74)75)57-38(22-27)49(76)77)43(65)60-29(13-5-9-25-17-33(44(66)67)55-34(18-25)45(68)69)41(63)59-30(14-6-10-26-19-35(46(70)71)56-36(20-26)47(72)73)42(64)61-32(52(82)84-4)16-8-12-28-23-39(50(78)79)58-40(24-28)51(80)81/h17-24,29-32H,5-16H2,1-4H3,(H,59,63)(H,60,65)(H,61,64)(H,62,83)(H,66,67)(H,68,69)(H,70,71)(H,72,73)(H,74,75)(H,76,77)(H,78,79)(H,80,81)/t29-,30-,31-,32-/m0/s1. The highest BCUT2D eigenvalue weighted by Gasteiger charge is 2.33. The lowest BCUT2D eigenvalue weighted by Gasteiger charge is -2.27. The number of pyridine rings is 4. The van der Waals surface area contributed by atoms with Gasteiger partial charge in [-0.05, 0) is 169 Å². The molecule has 4 aromatic rings. The molecule has 4 aromatic heterocycles. The fraction of sp³-hybridized carbons (Fsp3) is 0.389. The van der Waals surface area contributed by atoms with Gasteiger partial charge in [-0.25, -0.2) is 67.9 Å². The third kappa shape index (κ3) is 21.4. The Hall–Kier alpha value is -10.5. The molecule has 0 aliphatic carbocycles. The minimum Gasteiger partial charge on any atom is -0.477 e. The number of hydrogen-bond donors (Lipinski definition) is 12. The summed E-state index contributed by atoms with van der Waals surface area (Å²) in [6.07, 6.45) is -3.24. The van der Waals surface area contributed by atoms with Gasteiger partial charge in [0.25, 0.3) is 0 Å². The fourth-order valence-electron chi connectivity index (χ4n) is 8.31. The van der Waals surface area contributed by atoms with Crippen LogP contribution in [-0.2, 0) is 54.3 Å². The number of carbonyl (C=O) groups is 13.